The molecule has 2 fully saturated rings. The van der Waals surface area contributed by atoms with Crippen molar-refractivity contribution in [3.05, 3.63) is 64.7 Å². The molecule has 0 bridgehead atoms. The van der Waals surface area contributed by atoms with E-state index in [9.17, 15) is 9.18 Å². The Morgan fingerprint density at radius 1 is 1.20 bits per heavy atom. The first-order chi connectivity index (χ1) is 12.1. The number of hydrogen-bond donors (Lipinski definition) is 0. The van der Waals surface area contributed by atoms with E-state index in [0.29, 0.717) is 36.8 Å². The van der Waals surface area contributed by atoms with Crippen LogP contribution in [0.2, 0.25) is 5.02 Å². The Hall–Kier alpha value is -2.18. The van der Waals surface area contributed by atoms with E-state index in [4.69, 9.17) is 16.3 Å². The number of benzene rings is 1. The average molecular weight is 362 g/mol. The van der Waals surface area contributed by atoms with Gasteiger partial charge in [-0.3, -0.25) is 14.8 Å². The predicted molar refractivity (Wildman–Crippen MR) is 90.5 cm³/mol. The Morgan fingerprint density at radius 2 is 2.08 bits per heavy atom. The van der Waals surface area contributed by atoms with Gasteiger partial charge in [-0.05, 0) is 24.3 Å². The molecule has 25 heavy (non-hydrogen) atoms. The molecule has 5 nitrogen and oxygen atoms in total. The van der Waals surface area contributed by atoms with Crippen LogP contribution < -0.4 is 0 Å². The second kappa shape index (κ2) is 6.61. The van der Waals surface area contributed by atoms with Crippen LogP contribution in [0.1, 0.15) is 11.3 Å². The highest BCUT2D eigenvalue weighted by molar-refractivity contribution is 6.31. The minimum Gasteiger partial charge on any atom is -0.442 e. The molecule has 2 atom stereocenters. The van der Waals surface area contributed by atoms with Crippen molar-refractivity contribution in [1.82, 2.24) is 14.8 Å². The number of halogens is 2. The Balaban J connectivity index is 1.47. The van der Waals surface area contributed by atoms with E-state index in [2.05, 4.69) is 9.88 Å². The smallest absolute Gasteiger partial charge is 0.410 e. The Bertz CT molecular complexity index is 769. The lowest BCUT2D eigenvalue weighted by Gasteiger charge is -2.22. The third-order valence-corrected chi connectivity index (χ3v) is 5.06. The van der Waals surface area contributed by atoms with Gasteiger partial charge in [-0.25, -0.2) is 9.18 Å². The zero-order valence-corrected chi connectivity index (χ0v) is 14.2. The van der Waals surface area contributed by atoms with Crippen molar-refractivity contribution in [2.75, 3.05) is 13.1 Å². The van der Waals surface area contributed by atoms with Crippen molar-refractivity contribution in [3.63, 3.8) is 0 Å². The molecule has 2 saturated heterocycles. The molecule has 2 aliphatic heterocycles. The fourth-order valence-electron chi connectivity index (χ4n) is 3.46. The van der Waals surface area contributed by atoms with Crippen LogP contribution in [0.4, 0.5) is 9.18 Å². The summed E-state index contributed by atoms with van der Waals surface area (Å²) in [6, 6.07) is 10.2. The molecule has 1 amide bonds. The molecule has 7 heteroatoms. The summed E-state index contributed by atoms with van der Waals surface area (Å²) in [5, 5.41) is 0.416. The number of pyridine rings is 1. The number of carbonyl (C=O) groups excluding carboxylic acids is 1. The number of likely N-dealkylation sites (tertiary alicyclic amines) is 1. The van der Waals surface area contributed by atoms with E-state index in [1.54, 1.807) is 23.2 Å². The molecule has 1 aromatic heterocycles. The first-order valence-corrected chi connectivity index (χ1v) is 8.52. The highest BCUT2D eigenvalue weighted by atomic mass is 35.5. The van der Waals surface area contributed by atoms with E-state index in [-0.39, 0.29) is 24.1 Å². The number of aromatic nitrogens is 1. The van der Waals surface area contributed by atoms with Gasteiger partial charge in [-0.15, -0.1) is 0 Å². The van der Waals surface area contributed by atoms with Crippen molar-refractivity contribution >= 4 is 17.7 Å². The van der Waals surface area contributed by atoms with Crippen molar-refractivity contribution in [2.24, 2.45) is 0 Å². The lowest BCUT2D eigenvalue weighted by atomic mass is 10.2. The Morgan fingerprint density at radius 3 is 2.84 bits per heavy atom. The maximum atomic E-state index is 14.0. The van der Waals surface area contributed by atoms with Gasteiger partial charge in [0.05, 0.1) is 18.3 Å². The van der Waals surface area contributed by atoms with E-state index < -0.39 is 0 Å². The third-order valence-electron chi connectivity index (χ3n) is 4.70. The summed E-state index contributed by atoms with van der Waals surface area (Å²) < 4.78 is 19.5. The zero-order chi connectivity index (χ0) is 17.4. The van der Waals surface area contributed by atoms with Crippen LogP contribution in [0.25, 0.3) is 0 Å². The monoisotopic (exact) mass is 361 g/mol. The predicted octanol–water partition coefficient (Wildman–Crippen LogP) is 3.08. The molecule has 0 radical (unpaired) electrons. The van der Waals surface area contributed by atoms with Crippen LogP contribution in [0, 0.1) is 5.82 Å². The number of rotatable bonds is 4. The van der Waals surface area contributed by atoms with Crippen LogP contribution in [0.15, 0.2) is 42.6 Å². The van der Waals surface area contributed by atoms with Gasteiger partial charge in [0, 0.05) is 36.4 Å². The number of fused-ring (bicyclic) bond motifs is 1. The molecule has 2 aromatic rings. The summed E-state index contributed by atoms with van der Waals surface area (Å²) in [7, 11) is 0. The van der Waals surface area contributed by atoms with Crippen LogP contribution in [0.3, 0.4) is 0 Å². The van der Waals surface area contributed by atoms with Crippen LogP contribution >= 0.6 is 11.6 Å². The number of hydrogen-bond acceptors (Lipinski definition) is 4. The van der Waals surface area contributed by atoms with Crippen molar-refractivity contribution in [1.29, 1.82) is 0 Å². The summed E-state index contributed by atoms with van der Waals surface area (Å²) in [6.07, 6.45) is 1.18. The van der Waals surface area contributed by atoms with E-state index >= 15 is 0 Å². The van der Waals surface area contributed by atoms with E-state index in [1.807, 2.05) is 18.2 Å². The minimum atomic E-state index is -0.316. The first kappa shape index (κ1) is 16.3. The van der Waals surface area contributed by atoms with Gasteiger partial charge < -0.3 is 4.74 Å². The van der Waals surface area contributed by atoms with Crippen LogP contribution in [-0.4, -0.2) is 46.1 Å². The van der Waals surface area contributed by atoms with Gasteiger partial charge in [0.2, 0.25) is 0 Å². The molecule has 0 aliphatic carbocycles. The fraction of sp³-hybridized carbons (Fsp3) is 0.333. The molecular weight excluding hydrogens is 345 g/mol. The largest absolute Gasteiger partial charge is 0.442 e. The van der Waals surface area contributed by atoms with Crippen molar-refractivity contribution in [3.8, 4) is 0 Å². The van der Waals surface area contributed by atoms with E-state index in [0.717, 1.165) is 5.69 Å². The maximum Gasteiger partial charge on any atom is 0.410 e. The standard InChI is InChI=1S/C18H17ClFN3O2/c19-14-5-3-6-15(20)13(14)9-22-10-16-17(11-22)25-18(24)23(16)8-12-4-1-2-7-21-12/h1-7,16-17H,8-11H2/t16-,17+/m0/s1. The molecule has 0 N–H and O–H groups in total. The third kappa shape index (κ3) is 3.19. The normalized spacial score (nSPS) is 23.0. The highest BCUT2D eigenvalue weighted by Gasteiger charge is 2.47. The van der Waals surface area contributed by atoms with Gasteiger partial charge in [0.25, 0.3) is 0 Å². The lowest BCUT2D eigenvalue weighted by molar-refractivity contribution is 0.119. The molecule has 0 saturated carbocycles. The number of amides is 1. The van der Waals surface area contributed by atoms with Crippen LogP contribution in [-0.2, 0) is 17.8 Å². The molecule has 0 unspecified atom stereocenters. The van der Waals surface area contributed by atoms with Gasteiger partial charge in [-0.2, -0.15) is 0 Å². The van der Waals surface area contributed by atoms with Crippen molar-refractivity contribution in [2.45, 2.75) is 25.2 Å². The second-order valence-electron chi connectivity index (χ2n) is 6.33. The SMILES string of the molecule is O=C1O[C@@H]2CN(Cc3c(F)cccc3Cl)C[C@@H]2N1Cc1ccccn1. The molecule has 130 valence electrons. The Labute approximate surface area is 150 Å². The van der Waals surface area contributed by atoms with Gasteiger partial charge >= 0.3 is 6.09 Å². The summed E-state index contributed by atoms with van der Waals surface area (Å²) in [6.45, 7) is 2.00. The molecular formula is C18H17ClFN3O2. The molecule has 4 rings (SSSR count). The number of nitrogens with zero attached hydrogens (tertiary/aromatic N) is 3. The summed E-state index contributed by atoms with van der Waals surface area (Å²) in [5.41, 5.74) is 1.29. The zero-order valence-electron chi connectivity index (χ0n) is 13.4. The summed E-state index contributed by atoms with van der Waals surface area (Å²) in [5.74, 6) is -0.313. The average Bonchev–Trinajstić information content (AvgIpc) is 3.10. The maximum absolute atomic E-state index is 14.0. The quantitative estimate of drug-likeness (QED) is 0.839. The summed E-state index contributed by atoms with van der Waals surface area (Å²) in [4.78, 5) is 20.2. The lowest BCUT2D eigenvalue weighted by Crippen LogP contribution is -2.37. The van der Waals surface area contributed by atoms with Crippen molar-refractivity contribution < 1.29 is 13.9 Å². The van der Waals surface area contributed by atoms with Gasteiger partial charge in [0.15, 0.2) is 0 Å². The Kier molecular flexibility index (Phi) is 4.31. The minimum absolute atomic E-state index is 0.0555. The first-order valence-electron chi connectivity index (χ1n) is 8.14. The fourth-order valence-corrected chi connectivity index (χ4v) is 3.69. The summed E-state index contributed by atoms with van der Waals surface area (Å²) >= 11 is 6.12. The number of carbonyl (C=O) groups is 1. The van der Waals surface area contributed by atoms with Gasteiger partial charge in [0.1, 0.15) is 11.9 Å². The van der Waals surface area contributed by atoms with Crippen LogP contribution in [0.5, 0.6) is 0 Å². The molecule has 2 aliphatic rings. The highest BCUT2D eigenvalue weighted by Crippen LogP contribution is 2.30. The molecule has 1 aromatic carbocycles. The topological polar surface area (TPSA) is 45.7 Å². The second-order valence-corrected chi connectivity index (χ2v) is 6.74. The molecule has 0 spiro atoms. The number of ether oxygens (including phenoxy) is 1. The van der Waals surface area contributed by atoms with E-state index in [1.165, 1.54) is 6.07 Å². The molecule has 3 heterocycles. The van der Waals surface area contributed by atoms with Gasteiger partial charge in [-0.1, -0.05) is 23.7 Å².